The predicted octanol–water partition coefficient (Wildman–Crippen LogP) is 0.711. The van der Waals surface area contributed by atoms with Gasteiger partial charge in [-0.3, -0.25) is 0 Å². The van der Waals surface area contributed by atoms with E-state index < -0.39 is 6.09 Å². The maximum atomic E-state index is 11.1. The van der Waals surface area contributed by atoms with Crippen molar-refractivity contribution in [2.24, 2.45) is 0 Å². The molecule has 0 aromatic rings. The lowest BCUT2D eigenvalue weighted by atomic mass is 10.3. The molecule has 1 unspecified atom stereocenters. The lowest BCUT2D eigenvalue weighted by Crippen LogP contribution is -2.56. The van der Waals surface area contributed by atoms with Gasteiger partial charge in [-0.25, -0.2) is 4.48 Å². The SMILES string of the molecule is CCCC[N+]1(C(=O)[O-])C=CN(CC)C1. The first-order valence-corrected chi connectivity index (χ1v) is 5.16. The smallest absolute Gasteiger partial charge is 0.263 e. The average molecular weight is 198 g/mol. The molecule has 1 heterocycles. The number of unbranched alkanes of at least 4 members (excludes halogenated alkanes) is 1. The van der Waals surface area contributed by atoms with Crippen molar-refractivity contribution < 1.29 is 14.4 Å². The average Bonchev–Trinajstić information content (AvgIpc) is 2.59. The summed E-state index contributed by atoms with van der Waals surface area (Å²) in [6.07, 6.45) is 4.51. The van der Waals surface area contributed by atoms with E-state index in [1.54, 1.807) is 6.20 Å². The van der Waals surface area contributed by atoms with Crippen molar-refractivity contribution in [2.75, 3.05) is 19.8 Å². The molecule has 0 fully saturated rings. The minimum atomic E-state index is -0.995. The van der Waals surface area contributed by atoms with Crippen LogP contribution in [0.4, 0.5) is 4.79 Å². The van der Waals surface area contributed by atoms with Crippen LogP contribution in [-0.4, -0.2) is 35.2 Å². The second-order valence-electron chi connectivity index (χ2n) is 3.72. The molecule has 0 aromatic heterocycles. The summed E-state index contributed by atoms with van der Waals surface area (Å²) in [6, 6.07) is 0. The Hall–Kier alpha value is -1.03. The second kappa shape index (κ2) is 4.46. The first-order valence-electron chi connectivity index (χ1n) is 5.16. The van der Waals surface area contributed by atoms with Crippen molar-refractivity contribution in [1.82, 2.24) is 4.90 Å². The molecule has 0 bridgehead atoms. The maximum absolute atomic E-state index is 11.1. The summed E-state index contributed by atoms with van der Waals surface area (Å²) in [4.78, 5) is 13.1. The van der Waals surface area contributed by atoms with Gasteiger partial charge >= 0.3 is 0 Å². The molecule has 1 atom stereocenters. The van der Waals surface area contributed by atoms with E-state index in [2.05, 4.69) is 6.92 Å². The fourth-order valence-electron chi connectivity index (χ4n) is 1.64. The highest BCUT2D eigenvalue weighted by atomic mass is 16.4. The van der Waals surface area contributed by atoms with Crippen LogP contribution in [0.15, 0.2) is 12.4 Å². The first kappa shape index (κ1) is 11.0. The highest BCUT2D eigenvalue weighted by Crippen LogP contribution is 2.18. The molecule has 0 saturated heterocycles. The van der Waals surface area contributed by atoms with Gasteiger partial charge in [0.05, 0.1) is 12.7 Å². The minimum Gasteiger partial charge on any atom is -0.498 e. The van der Waals surface area contributed by atoms with Crippen LogP contribution in [0.1, 0.15) is 26.7 Å². The van der Waals surface area contributed by atoms with Gasteiger partial charge in [-0.2, -0.15) is 0 Å². The molecular formula is C10H18N2O2. The van der Waals surface area contributed by atoms with E-state index in [1.807, 2.05) is 18.0 Å². The quantitative estimate of drug-likeness (QED) is 0.625. The zero-order valence-electron chi connectivity index (χ0n) is 8.90. The molecule has 80 valence electrons. The Labute approximate surface area is 85.0 Å². The number of nitrogens with zero attached hydrogens (tertiary/aromatic N) is 2. The molecule has 0 aliphatic carbocycles. The van der Waals surface area contributed by atoms with Gasteiger partial charge in [0.15, 0.2) is 6.67 Å². The zero-order valence-corrected chi connectivity index (χ0v) is 8.90. The van der Waals surface area contributed by atoms with Crippen molar-refractivity contribution in [3.8, 4) is 0 Å². The van der Waals surface area contributed by atoms with E-state index >= 15 is 0 Å². The van der Waals surface area contributed by atoms with Crippen molar-refractivity contribution in [1.29, 1.82) is 0 Å². The number of hydrogen-bond donors (Lipinski definition) is 0. The monoisotopic (exact) mass is 198 g/mol. The summed E-state index contributed by atoms with van der Waals surface area (Å²) in [7, 11) is 0. The third kappa shape index (κ3) is 2.07. The van der Waals surface area contributed by atoms with Crippen molar-refractivity contribution in [3.05, 3.63) is 12.4 Å². The Morgan fingerprint density at radius 2 is 2.29 bits per heavy atom. The van der Waals surface area contributed by atoms with E-state index in [0.717, 1.165) is 19.4 Å². The van der Waals surface area contributed by atoms with Crippen LogP contribution >= 0.6 is 0 Å². The van der Waals surface area contributed by atoms with Gasteiger partial charge in [0.2, 0.25) is 0 Å². The number of rotatable bonds is 4. The number of carboxylic acid groups (broad SMARTS) is 1. The normalized spacial score (nSPS) is 25.7. The molecule has 1 rings (SSSR count). The van der Waals surface area contributed by atoms with Crippen LogP contribution in [0.25, 0.3) is 0 Å². The van der Waals surface area contributed by atoms with Gasteiger partial charge in [-0.1, -0.05) is 13.3 Å². The number of quaternary nitrogens is 1. The summed E-state index contributed by atoms with van der Waals surface area (Å²) >= 11 is 0. The molecular weight excluding hydrogens is 180 g/mol. The van der Waals surface area contributed by atoms with Crippen LogP contribution in [0.5, 0.6) is 0 Å². The van der Waals surface area contributed by atoms with E-state index in [-0.39, 0.29) is 4.48 Å². The van der Waals surface area contributed by atoms with Crippen LogP contribution in [0, 0.1) is 0 Å². The Balaban J connectivity index is 2.66. The summed E-state index contributed by atoms with van der Waals surface area (Å²) in [5.74, 6) is 0. The molecule has 0 aromatic carbocycles. The Bertz CT molecular complexity index is 240. The van der Waals surface area contributed by atoms with Crippen molar-refractivity contribution in [3.63, 3.8) is 0 Å². The summed E-state index contributed by atoms with van der Waals surface area (Å²) < 4.78 is -0.0400. The van der Waals surface area contributed by atoms with Gasteiger partial charge in [-0.05, 0) is 13.3 Å². The molecule has 1 aliphatic heterocycles. The molecule has 14 heavy (non-hydrogen) atoms. The Morgan fingerprint density at radius 1 is 1.57 bits per heavy atom. The summed E-state index contributed by atoms with van der Waals surface area (Å²) in [5, 5.41) is 11.1. The highest BCUT2D eigenvalue weighted by Gasteiger charge is 2.33. The Kier molecular flexibility index (Phi) is 3.52. The summed E-state index contributed by atoms with van der Waals surface area (Å²) in [5.41, 5.74) is 0. The molecule has 4 nitrogen and oxygen atoms in total. The third-order valence-corrected chi connectivity index (χ3v) is 2.68. The zero-order chi connectivity index (χ0) is 10.6. The van der Waals surface area contributed by atoms with Gasteiger partial charge < -0.3 is 14.8 Å². The maximum Gasteiger partial charge on any atom is 0.263 e. The van der Waals surface area contributed by atoms with Crippen LogP contribution in [0.3, 0.4) is 0 Å². The van der Waals surface area contributed by atoms with E-state index in [0.29, 0.717) is 13.2 Å². The minimum absolute atomic E-state index is 0.0400. The van der Waals surface area contributed by atoms with E-state index in [1.165, 1.54) is 0 Å². The largest absolute Gasteiger partial charge is 0.498 e. The summed E-state index contributed by atoms with van der Waals surface area (Å²) in [6.45, 7) is 6.06. The highest BCUT2D eigenvalue weighted by molar-refractivity contribution is 5.55. The van der Waals surface area contributed by atoms with E-state index in [9.17, 15) is 9.90 Å². The molecule has 0 N–H and O–H groups in total. The topological polar surface area (TPSA) is 43.4 Å². The van der Waals surface area contributed by atoms with Gasteiger partial charge in [0.1, 0.15) is 6.20 Å². The molecule has 0 saturated carbocycles. The number of amides is 1. The lowest BCUT2D eigenvalue weighted by Gasteiger charge is -2.32. The van der Waals surface area contributed by atoms with Crippen molar-refractivity contribution in [2.45, 2.75) is 26.7 Å². The van der Waals surface area contributed by atoms with Crippen LogP contribution in [0.2, 0.25) is 0 Å². The van der Waals surface area contributed by atoms with Crippen LogP contribution in [-0.2, 0) is 0 Å². The molecule has 4 heteroatoms. The van der Waals surface area contributed by atoms with Gasteiger partial charge in [0.25, 0.3) is 6.09 Å². The molecule has 0 radical (unpaired) electrons. The predicted molar refractivity (Wildman–Crippen MR) is 51.8 cm³/mol. The standard InChI is InChI=1S/C10H18N2O2/c1-3-5-7-12(10(13)14)8-6-11(4-2)9-12/h6,8H,3-5,7,9H2,1-2H3. The molecule has 1 aliphatic rings. The third-order valence-electron chi connectivity index (χ3n) is 2.68. The first-order chi connectivity index (χ1) is 6.64. The second-order valence-corrected chi connectivity index (χ2v) is 3.72. The molecule has 1 amide bonds. The number of carbonyl (C=O) groups is 1. The van der Waals surface area contributed by atoms with Crippen molar-refractivity contribution >= 4 is 6.09 Å². The Morgan fingerprint density at radius 3 is 2.71 bits per heavy atom. The number of hydrogen-bond acceptors (Lipinski definition) is 3. The van der Waals surface area contributed by atoms with Crippen LogP contribution < -0.4 is 5.11 Å². The number of carbonyl (C=O) groups excluding carboxylic acids is 1. The fraction of sp³-hybridized carbons (Fsp3) is 0.700. The van der Waals surface area contributed by atoms with E-state index in [4.69, 9.17) is 0 Å². The fourth-order valence-corrected chi connectivity index (χ4v) is 1.64. The van der Waals surface area contributed by atoms with Gasteiger partial charge in [0, 0.05) is 6.54 Å². The lowest BCUT2D eigenvalue weighted by molar-refractivity contribution is -0.830. The van der Waals surface area contributed by atoms with Gasteiger partial charge in [-0.15, -0.1) is 0 Å². The molecule has 0 spiro atoms.